The second kappa shape index (κ2) is 7.98. The Hall–Kier alpha value is -4.33. The number of carbonyl (C=O) groups excluding carboxylic acids is 4. The molecule has 0 aromatic heterocycles. The normalized spacial score (nSPS) is 17.5. The van der Waals surface area contributed by atoms with Crippen LogP contribution in [0.5, 0.6) is 0 Å². The van der Waals surface area contributed by atoms with E-state index in [1.165, 1.54) is 29.2 Å². The second-order valence-electron chi connectivity index (χ2n) is 7.89. The number of imide groups is 1. The van der Waals surface area contributed by atoms with Gasteiger partial charge < -0.3 is 10.2 Å². The van der Waals surface area contributed by atoms with Crippen molar-refractivity contribution in [3.8, 4) is 0 Å². The van der Waals surface area contributed by atoms with Gasteiger partial charge in [-0.2, -0.15) is 0 Å². The molecule has 0 saturated carbocycles. The van der Waals surface area contributed by atoms with Crippen LogP contribution in [0.3, 0.4) is 0 Å². The maximum atomic E-state index is 14.1. The molecular formula is C25H18FN3O4. The molecule has 1 unspecified atom stereocenters. The van der Waals surface area contributed by atoms with Crippen LogP contribution in [0.15, 0.2) is 72.8 Å². The second-order valence-corrected chi connectivity index (χ2v) is 7.89. The number of rotatable bonds is 4. The molecule has 1 atom stereocenters. The van der Waals surface area contributed by atoms with E-state index in [2.05, 4.69) is 5.32 Å². The number of nitrogens with one attached hydrogen (secondary N) is 1. The highest BCUT2D eigenvalue weighted by Crippen LogP contribution is 2.31. The van der Waals surface area contributed by atoms with Gasteiger partial charge in [0.15, 0.2) is 0 Å². The third-order valence-electron chi connectivity index (χ3n) is 5.81. The van der Waals surface area contributed by atoms with Gasteiger partial charge in [-0.15, -0.1) is 0 Å². The van der Waals surface area contributed by atoms with Gasteiger partial charge in [-0.3, -0.25) is 19.2 Å². The highest BCUT2D eigenvalue weighted by molar-refractivity contribution is 6.34. The molecule has 2 heterocycles. The number of hydrogen-bond acceptors (Lipinski definition) is 4. The molecule has 0 radical (unpaired) electrons. The minimum atomic E-state index is -0.667. The Morgan fingerprint density at radius 1 is 0.879 bits per heavy atom. The topological polar surface area (TPSA) is 86.8 Å². The third kappa shape index (κ3) is 3.55. The van der Waals surface area contributed by atoms with Crippen LogP contribution in [-0.2, 0) is 9.59 Å². The number of carbonyl (C=O) groups is 4. The lowest BCUT2D eigenvalue weighted by Gasteiger charge is -2.18. The molecular weight excluding hydrogens is 425 g/mol. The molecule has 7 nitrogen and oxygen atoms in total. The molecule has 4 amide bonds. The number of para-hydroxylation sites is 1. The minimum Gasteiger partial charge on any atom is -0.326 e. The fourth-order valence-electron chi connectivity index (χ4n) is 4.18. The van der Waals surface area contributed by atoms with Crippen LogP contribution in [0.4, 0.5) is 21.5 Å². The Morgan fingerprint density at radius 2 is 1.55 bits per heavy atom. The molecule has 1 fully saturated rings. The summed E-state index contributed by atoms with van der Waals surface area (Å²) in [5.74, 6) is -2.79. The van der Waals surface area contributed by atoms with Crippen molar-refractivity contribution in [3.63, 3.8) is 0 Å². The molecule has 0 bridgehead atoms. The lowest BCUT2D eigenvalue weighted by atomic mass is 10.1. The summed E-state index contributed by atoms with van der Waals surface area (Å²) in [5.41, 5.74) is 1.51. The number of amides is 4. The van der Waals surface area contributed by atoms with Crippen LogP contribution >= 0.6 is 0 Å². The molecule has 33 heavy (non-hydrogen) atoms. The van der Waals surface area contributed by atoms with Gasteiger partial charge in [0.05, 0.1) is 28.4 Å². The molecule has 5 rings (SSSR count). The molecule has 0 spiro atoms. The molecule has 0 aliphatic carbocycles. The maximum absolute atomic E-state index is 14.1. The van der Waals surface area contributed by atoms with Crippen LogP contribution in [0.25, 0.3) is 0 Å². The first-order valence-electron chi connectivity index (χ1n) is 10.4. The molecule has 3 aromatic carbocycles. The first kappa shape index (κ1) is 20.6. The quantitative estimate of drug-likeness (QED) is 0.624. The number of anilines is 3. The highest BCUT2D eigenvalue weighted by Gasteiger charge is 2.38. The molecule has 1 saturated heterocycles. The Morgan fingerprint density at radius 3 is 2.24 bits per heavy atom. The Balaban J connectivity index is 1.32. The van der Waals surface area contributed by atoms with Crippen LogP contribution in [0.1, 0.15) is 27.1 Å². The predicted octanol–water partition coefficient (Wildman–Crippen LogP) is 3.62. The fraction of sp³-hybridized carbons (Fsp3) is 0.120. The van der Waals surface area contributed by atoms with Crippen molar-refractivity contribution in [2.45, 2.75) is 6.42 Å². The summed E-state index contributed by atoms with van der Waals surface area (Å²) < 4.78 is 14.1. The van der Waals surface area contributed by atoms with Crippen LogP contribution in [0, 0.1) is 11.7 Å². The van der Waals surface area contributed by atoms with E-state index < -0.39 is 29.5 Å². The number of halogens is 1. The Kier molecular flexibility index (Phi) is 4.97. The molecule has 2 aliphatic heterocycles. The number of fused-ring (bicyclic) bond motifs is 1. The first-order valence-corrected chi connectivity index (χ1v) is 10.4. The van der Waals surface area contributed by atoms with Crippen molar-refractivity contribution in [2.24, 2.45) is 5.92 Å². The predicted molar refractivity (Wildman–Crippen MR) is 120 cm³/mol. The van der Waals surface area contributed by atoms with Crippen molar-refractivity contribution >= 4 is 40.7 Å². The van der Waals surface area contributed by atoms with E-state index in [1.807, 2.05) is 0 Å². The van der Waals surface area contributed by atoms with Crippen molar-refractivity contribution in [1.29, 1.82) is 0 Å². The van der Waals surface area contributed by atoms with E-state index in [4.69, 9.17) is 0 Å². The van der Waals surface area contributed by atoms with Gasteiger partial charge in [0.25, 0.3) is 11.8 Å². The van der Waals surface area contributed by atoms with E-state index in [0.29, 0.717) is 22.5 Å². The summed E-state index contributed by atoms with van der Waals surface area (Å²) in [6.07, 6.45) is -0.0434. The van der Waals surface area contributed by atoms with E-state index in [-0.39, 0.29) is 24.6 Å². The summed E-state index contributed by atoms with van der Waals surface area (Å²) in [6.45, 7) is 0.0592. The van der Waals surface area contributed by atoms with E-state index >= 15 is 0 Å². The molecule has 164 valence electrons. The summed E-state index contributed by atoms with van der Waals surface area (Å²) >= 11 is 0. The zero-order chi connectivity index (χ0) is 23.1. The summed E-state index contributed by atoms with van der Waals surface area (Å²) in [5, 5.41) is 2.74. The highest BCUT2D eigenvalue weighted by atomic mass is 19.1. The number of benzene rings is 3. The first-order chi connectivity index (χ1) is 15.9. The van der Waals surface area contributed by atoms with Gasteiger partial charge in [-0.25, -0.2) is 9.29 Å². The SMILES string of the molecule is O=C(Nc1cccc(N2C(=O)c3ccccc3C2=O)c1)C1CC(=O)N(c2ccccc2F)C1. The lowest BCUT2D eigenvalue weighted by molar-refractivity contribution is -0.122. The minimum absolute atomic E-state index is 0.0434. The van der Waals surface area contributed by atoms with Gasteiger partial charge in [0.2, 0.25) is 11.8 Å². The molecule has 8 heteroatoms. The number of nitrogens with zero attached hydrogens (tertiary/aromatic N) is 2. The van der Waals surface area contributed by atoms with Crippen molar-refractivity contribution < 1.29 is 23.6 Å². The average molecular weight is 443 g/mol. The van der Waals surface area contributed by atoms with Gasteiger partial charge in [0, 0.05) is 18.7 Å². The largest absolute Gasteiger partial charge is 0.326 e. The van der Waals surface area contributed by atoms with Crippen LogP contribution < -0.4 is 15.1 Å². The standard InChI is InChI=1S/C25H18FN3O4/c26-20-10-3-4-11-21(20)28-14-15(12-22(28)30)23(31)27-16-6-5-7-17(13-16)29-24(32)18-8-1-2-9-19(18)25(29)33/h1-11,13,15H,12,14H2,(H,27,31). The van der Waals surface area contributed by atoms with Crippen molar-refractivity contribution in [2.75, 3.05) is 21.7 Å². The Labute approximate surface area is 188 Å². The smallest absolute Gasteiger partial charge is 0.266 e. The zero-order valence-corrected chi connectivity index (χ0v) is 17.3. The lowest BCUT2D eigenvalue weighted by Crippen LogP contribution is -2.30. The molecule has 2 aliphatic rings. The van der Waals surface area contributed by atoms with Crippen LogP contribution in [-0.4, -0.2) is 30.2 Å². The zero-order valence-electron chi connectivity index (χ0n) is 17.3. The molecule has 3 aromatic rings. The van der Waals surface area contributed by atoms with Gasteiger partial charge >= 0.3 is 0 Å². The van der Waals surface area contributed by atoms with E-state index in [1.54, 1.807) is 48.5 Å². The fourth-order valence-corrected chi connectivity index (χ4v) is 4.18. The monoisotopic (exact) mass is 443 g/mol. The maximum Gasteiger partial charge on any atom is 0.266 e. The van der Waals surface area contributed by atoms with Crippen molar-refractivity contribution in [3.05, 3.63) is 89.7 Å². The van der Waals surface area contributed by atoms with E-state index in [0.717, 1.165) is 4.90 Å². The summed E-state index contributed by atoms with van der Waals surface area (Å²) in [4.78, 5) is 53.0. The Bertz CT molecular complexity index is 1290. The third-order valence-corrected chi connectivity index (χ3v) is 5.81. The average Bonchev–Trinajstić information content (AvgIpc) is 3.32. The van der Waals surface area contributed by atoms with Crippen molar-refractivity contribution in [1.82, 2.24) is 0 Å². The van der Waals surface area contributed by atoms with Gasteiger partial charge in [0.1, 0.15) is 5.82 Å². The summed E-state index contributed by atoms with van der Waals surface area (Å²) in [6, 6.07) is 18.9. The van der Waals surface area contributed by atoms with Gasteiger partial charge in [-0.05, 0) is 42.5 Å². The van der Waals surface area contributed by atoms with E-state index in [9.17, 15) is 23.6 Å². The van der Waals surface area contributed by atoms with Crippen LogP contribution in [0.2, 0.25) is 0 Å². The van der Waals surface area contributed by atoms with Gasteiger partial charge in [-0.1, -0.05) is 30.3 Å². The summed E-state index contributed by atoms with van der Waals surface area (Å²) in [7, 11) is 0. The molecule has 1 N–H and O–H groups in total. The number of hydrogen-bond donors (Lipinski definition) is 1.